The number of anilines is 1. The molecule has 0 radical (unpaired) electrons. The van der Waals surface area contributed by atoms with Crippen LogP contribution in [0.5, 0.6) is 0 Å². The topological polar surface area (TPSA) is 53.2 Å². The summed E-state index contributed by atoms with van der Waals surface area (Å²) in [5.41, 5.74) is 0.384. The molecule has 0 saturated carbocycles. The lowest BCUT2D eigenvalue weighted by molar-refractivity contribution is -0.119. The lowest BCUT2D eigenvalue weighted by atomic mass is 10.3. The van der Waals surface area contributed by atoms with Gasteiger partial charge in [-0.15, -0.1) is 11.6 Å². The number of amides is 1. The van der Waals surface area contributed by atoms with Crippen LogP contribution in [0.4, 0.5) is 5.69 Å². The van der Waals surface area contributed by atoms with Gasteiger partial charge in [0, 0.05) is 0 Å². The number of para-hydroxylation sites is 1. The van der Waals surface area contributed by atoms with E-state index in [1.54, 1.807) is 18.2 Å². The molecule has 0 aliphatic carbocycles. The third kappa shape index (κ3) is 6.32. The van der Waals surface area contributed by atoms with E-state index in [-0.39, 0.29) is 11.0 Å². The minimum atomic E-state index is -1.86. The molecule has 1 atom stereocenters. The summed E-state index contributed by atoms with van der Waals surface area (Å²) in [5, 5.41) is 8.54. The Bertz CT molecular complexity index is 545. The van der Waals surface area contributed by atoms with Gasteiger partial charge in [-0.05, 0) is 24.4 Å². The van der Waals surface area contributed by atoms with Crippen LogP contribution in [0.2, 0.25) is 10.0 Å². The van der Waals surface area contributed by atoms with Crippen molar-refractivity contribution in [3.63, 3.8) is 0 Å². The number of halogens is 6. The summed E-state index contributed by atoms with van der Waals surface area (Å²) in [6.07, 6.45) is -1.11. The van der Waals surface area contributed by atoms with Crippen molar-refractivity contribution in [3.05, 3.63) is 28.2 Å². The smallest absolute Gasteiger partial charge is 0.236 e. The molecule has 0 fully saturated rings. The lowest BCUT2D eigenvalue weighted by Crippen LogP contribution is -2.56. The van der Waals surface area contributed by atoms with Gasteiger partial charge < -0.3 is 16.0 Å². The van der Waals surface area contributed by atoms with Gasteiger partial charge >= 0.3 is 0 Å². The molecule has 1 amide bonds. The number of hydrogen-bond donors (Lipinski definition) is 3. The van der Waals surface area contributed by atoms with E-state index in [2.05, 4.69) is 16.0 Å². The molecule has 0 spiro atoms. The van der Waals surface area contributed by atoms with Crippen LogP contribution in [-0.2, 0) is 4.79 Å². The van der Waals surface area contributed by atoms with E-state index in [1.807, 2.05) is 0 Å². The van der Waals surface area contributed by atoms with Gasteiger partial charge in [0.25, 0.3) is 0 Å². The fourth-order valence-electron chi connectivity index (χ4n) is 1.30. The van der Waals surface area contributed by atoms with E-state index in [1.165, 1.54) is 0 Å². The minimum absolute atomic E-state index is 0.0428. The van der Waals surface area contributed by atoms with E-state index < -0.39 is 15.9 Å². The number of nitrogens with one attached hydrogen (secondary N) is 3. The van der Waals surface area contributed by atoms with Gasteiger partial charge in [0.15, 0.2) is 5.11 Å². The molecule has 3 N–H and O–H groups in total. The second-order valence-electron chi connectivity index (χ2n) is 3.87. The first-order chi connectivity index (χ1) is 10.1. The second-order valence-corrected chi connectivity index (χ2v) is 7.73. The summed E-state index contributed by atoms with van der Waals surface area (Å²) in [7, 11) is 0. The van der Waals surface area contributed by atoms with Crippen LogP contribution in [0.1, 0.15) is 0 Å². The lowest BCUT2D eigenvalue weighted by Gasteiger charge is -2.27. The highest BCUT2D eigenvalue weighted by atomic mass is 35.6. The Morgan fingerprint density at radius 3 is 2.18 bits per heavy atom. The highest BCUT2D eigenvalue weighted by Crippen LogP contribution is 2.31. The molecule has 0 saturated heterocycles. The summed E-state index contributed by atoms with van der Waals surface area (Å²) in [4.78, 5) is 11.4. The van der Waals surface area contributed by atoms with Gasteiger partial charge in [0.2, 0.25) is 9.70 Å². The number of alkyl halides is 4. The normalized spacial score (nSPS) is 12.5. The molecule has 1 aromatic carbocycles. The first-order valence-electron chi connectivity index (χ1n) is 5.58. The summed E-state index contributed by atoms with van der Waals surface area (Å²) in [6, 6.07) is 4.93. The standard InChI is InChI=1S/C11H9Cl6N3OS/c12-4-7(21)18-9(11(15,16)17)20-10(22)19-8-5(13)2-1-3-6(8)14/h1-3,9H,4H2,(H,18,21)(H2,19,20,22)/t9-/m1/s1. The molecule has 0 heterocycles. The van der Waals surface area contributed by atoms with Crippen LogP contribution in [0.3, 0.4) is 0 Å². The summed E-state index contributed by atoms with van der Waals surface area (Å²) >= 11 is 39.8. The van der Waals surface area contributed by atoms with E-state index in [9.17, 15) is 4.79 Å². The Morgan fingerprint density at radius 2 is 1.73 bits per heavy atom. The largest absolute Gasteiger partial charge is 0.339 e. The molecule has 0 aliphatic heterocycles. The zero-order valence-electron chi connectivity index (χ0n) is 10.6. The Labute approximate surface area is 162 Å². The van der Waals surface area contributed by atoms with Gasteiger partial charge in [-0.1, -0.05) is 64.1 Å². The van der Waals surface area contributed by atoms with Gasteiger partial charge in [0.05, 0.1) is 15.7 Å². The fourth-order valence-corrected chi connectivity index (χ4v) is 2.41. The van der Waals surface area contributed by atoms with E-state index in [0.29, 0.717) is 15.7 Å². The number of carbonyl (C=O) groups excluding carboxylic acids is 1. The summed E-state index contributed by atoms with van der Waals surface area (Å²) < 4.78 is -1.86. The van der Waals surface area contributed by atoms with E-state index >= 15 is 0 Å². The van der Waals surface area contributed by atoms with Crippen LogP contribution < -0.4 is 16.0 Å². The van der Waals surface area contributed by atoms with Gasteiger partial charge in [-0.3, -0.25) is 4.79 Å². The zero-order chi connectivity index (χ0) is 16.9. The Kier molecular flexibility index (Phi) is 8.09. The average molecular weight is 444 g/mol. The Balaban J connectivity index is 2.81. The molecular weight excluding hydrogens is 435 g/mol. The average Bonchev–Trinajstić information content (AvgIpc) is 2.41. The van der Waals surface area contributed by atoms with Crippen LogP contribution in [-0.4, -0.2) is 26.9 Å². The molecule has 1 rings (SSSR count). The van der Waals surface area contributed by atoms with Crippen molar-refractivity contribution in [1.82, 2.24) is 10.6 Å². The molecular formula is C11H9Cl6N3OS. The van der Waals surface area contributed by atoms with Crippen LogP contribution in [0, 0.1) is 0 Å². The second kappa shape index (κ2) is 8.83. The van der Waals surface area contributed by atoms with Crippen molar-refractivity contribution < 1.29 is 4.79 Å². The van der Waals surface area contributed by atoms with Crippen LogP contribution in [0.15, 0.2) is 18.2 Å². The number of thiocarbonyl (C=S) groups is 1. The molecule has 0 unspecified atom stereocenters. The van der Waals surface area contributed by atoms with Gasteiger partial charge in [-0.25, -0.2) is 0 Å². The number of carbonyl (C=O) groups is 1. The SMILES string of the molecule is O=C(CCl)N[C@H](NC(=S)Nc1c(Cl)cccc1Cl)C(Cl)(Cl)Cl. The van der Waals surface area contributed by atoms with Gasteiger partial charge in [0.1, 0.15) is 12.0 Å². The third-order valence-corrected chi connectivity index (χ3v) is 3.98. The summed E-state index contributed by atoms with van der Waals surface area (Å²) in [6.45, 7) is 0. The van der Waals surface area contributed by atoms with Crippen LogP contribution >= 0.6 is 81.8 Å². The first kappa shape index (κ1) is 20.2. The molecule has 0 aliphatic rings. The Hall–Kier alpha value is 0.120. The maximum Gasteiger partial charge on any atom is 0.236 e. The zero-order valence-corrected chi connectivity index (χ0v) is 16.0. The van der Waals surface area contributed by atoms with Crippen molar-refractivity contribution in [2.75, 3.05) is 11.2 Å². The maximum atomic E-state index is 11.4. The fraction of sp³-hybridized carbons (Fsp3) is 0.273. The first-order valence-corrected chi connectivity index (χ1v) is 8.42. The molecule has 22 heavy (non-hydrogen) atoms. The van der Waals surface area contributed by atoms with Crippen molar-refractivity contribution in [1.29, 1.82) is 0 Å². The number of rotatable bonds is 4. The molecule has 122 valence electrons. The third-order valence-electron chi connectivity index (χ3n) is 2.23. The Morgan fingerprint density at radius 1 is 1.18 bits per heavy atom. The quantitative estimate of drug-likeness (QED) is 0.368. The highest BCUT2D eigenvalue weighted by Gasteiger charge is 2.34. The predicted molar refractivity (Wildman–Crippen MR) is 98.8 cm³/mol. The van der Waals surface area contributed by atoms with E-state index in [0.717, 1.165) is 0 Å². The molecule has 11 heteroatoms. The van der Waals surface area contributed by atoms with Crippen molar-refractivity contribution >= 4 is 98.5 Å². The number of hydrogen-bond acceptors (Lipinski definition) is 2. The highest BCUT2D eigenvalue weighted by molar-refractivity contribution is 7.80. The molecule has 4 nitrogen and oxygen atoms in total. The van der Waals surface area contributed by atoms with Gasteiger partial charge in [-0.2, -0.15) is 0 Å². The summed E-state index contributed by atoms with van der Waals surface area (Å²) in [5.74, 6) is -0.834. The molecule has 1 aromatic rings. The van der Waals surface area contributed by atoms with Crippen molar-refractivity contribution in [3.8, 4) is 0 Å². The van der Waals surface area contributed by atoms with Crippen LogP contribution in [0.25, 0.3) is 0 Å². The molecule has 0 bridgehead atoms. The maximum absolute atomic E-state index is 11.4. The molecule has 0 aromatic heterocycles. The number of benzene rings is 1. The predicted octanol–water partition coefficient (Wildman–Crippen LogP) is 4.33. The van der Waals surface area contributed by atoms with Crippen molar-refractivity contribution in [2.45, 2.75) is 9.96 Å². The van der Waals surface area contributed by atoms with E-state index in [4.69, 9.17) is 81.8 Å². The monoisotopic (exact) mass is 441 g/mol. The minimum Gasteiger partial charge on any atom is -0.339 e. The van der Waals surface area contributed by atoms with Crippen molar-refractivity contribution in [2.24, 2.45) is 0 Å².